The Morgan fingerprint density at radius 2 is 1.94 bits per heavy atom. The van der Waals surface area contributed by atoms with Gasteiger partial charge < -0.3 is 5.32 Å². The van der Waals surface area contributed by atoms with E-state index < -0.39 is 5.51 Å². The highest BCUT2D eigenvalue weighted by atomic mass is 32.2. The summed E-state index contributed by atoms with van der Waals surface area (Å²) < 4.78 is 35.4. The van der Waals surface area contributed by atoms with Crippen LogP contribution in [0.1, 0.15) is 11.1 Å². The minimum atomic E-state index is -4.12. The standard InChI is InChI=1S/C11H14F3NS/c1-9-4-2-3-5-10(9)8-15-6-7-16-11(12,13)14/h2-5,15H,6-8H2,1H3. The Labute approximate surface area is 97.4 Å². The second-order valence-corrected chi connectivity index (χ2v) is 4.56. The van der Waals surface area contributed by atoms with Crippen LogP contribution in [0.2, 0.25) is 0 Å². The van der Waals surface area contributed by atoms with E-state index in [1.54, 1.807) is 0 Å². The minimum Gasteiger partial charge on any atom is -0.312 e. The first-order valence-corrected chi connectivity index (χ1v) is 5.93. The maximum Gasteiger partial charge on any atom is 0.441 e. The molecule has 1 nitrogen and oxygen atoms in total. The second-order valence-electron chi connectivity index (χ2n) is 3.40. The van der Waals surface area contributed by atoms with Crippen molar-refractivity contribution in [1.82, 2.24) is 5.32 Å². The average molecular weight is 249 g/mol. The largest absolute Gasteiger partial charge is 0.441 e. The number of hydrogen-bond acceptors (Lipinski definition) is 2. The Kier molecular flexibility index (Phi) is 5.15. The normalized spacial score (nSPS) is 11.8. The molecule has 16 heavy (non-hydrogen) atoms. The lowest BCUT2D eigenvalue weighted by Crippen LogP contribution is -2.18. The van der Waals surface area contributed by atoms with Crippen molar-refractivity contribution >= 4 is 11.8 Å². The number of rotatable bonds is 5. The summed E-state index contributed by atoms with van der Waals surface area (Å²) in [4.78, 5) is 0. The van der Waals surface area contributed by atoms with Gasteiger partial charge in [0.25, 0.3) is 0 Å². The lowest BCUT2D eigenvalue weighted by atomic mass is 10.1. The number of halogens is 3. The van der Waals surface area contributed by atoms with Crippen molar-refractivity contribution in [3.63, 3.8) is 0 Å². The van der Waals surface area contributed by atoms with Crippen LogP contribution in [0.3, 0.4) is 0 Å². The van der Waals surface area contributed by atoms with Gasteiger partial charge in [0.2, 0.25) is 0 Å². The summed E-state index contributed by atoms with van der Waals surface area (Å²) in [7, 11) is 0. The maximum absolute atomic E-state index is 11.8. The van der Waals surface area contributed by atoms with Crippen molar-refractivity contribution in [2.45, 2.75) is 19.0 Å². The van der Waals surface area contributed by atoms with E-state index >= 15 is 0 Å². The van der Waals surface area contributed by atoms with Crippen LogP contribution in [0.25, 0.3) is 0 Å². The highest BCUT2D eigenvalue weighted by Gasteiger charge is 2.27. The molecule has 0 amide bonds. The zero-order valence-electron chi connectivity index (χ0n) is 8.97. The molecule has 0 spiro atoms. The molecule has 0 aliphatic heterocycles. The van der Waals surface area contributed by atoms with Gasteiger partial charge in [0.1, 0.15) is 0 Å². The van der Waals surface area contributed by atoms with Crippen molar-refractivity contribution in [2.75, 3.05) is 12.3 Å². The third-order valence-corrected chi connectivity index (χ3v) is 2.86. The van der Waals surface area contributed by atoms with Crippen molar-refractivity contribution in [2.24, 2.45) is 0 Å². The van der Waals surface area contributed by atoms with E-state index in [2.05, 4.69) is 5.32 Å². The highest BCUT2D eigenvalue weighted by Crippen LogP contribution is 2.29. The molecule has 0 atom stereocenters. The van der Waals surface area contributed by atoms with Gasteiger partial charge in [-0.2, -0.15) is 13.2 Å². The van der Waals surface area contributed by atoms with E-state index in [9.17, 15) is 13.2 Å². The molecule has 0 heterocycles. The number of thioether (sulfide) groups is 1. The molecule has 1 aromatic carbocycles. The van der Waals surface area contributed by atoms with Crippen molar-refractivity contribution < 1.29 is 13.2 Å². The molecule has 90 valence electrons. The summed E-state index contributed by atoms with van der Waals surface area (Å²) >= 11 is 0.0104. The fourth-order valence-corrected chi connectivity index (χ4v) is 1.75. The summed E-state index contributed by atoms with van der Waals surface area (Å²) in [5.74, 6) is 0.0510. The topological polar surface area (TPSA) is 12.0 Å². The fraction of sp³-hybridized carbons (Fsp3) is 0.455. The zero-order valence-corrected chi connectivity index (χ0v) is 9.79. The van der Waals surface area contributed by atoms with Gasteiger partial charge in [-0.25, -0.2) is 0 Å². The molecule has 0 radical (unpaired) electrons. The van der Waals surface area contributed by atoms with Crippen LogP contribution in [0.15, 0.2) is 24.3 Å². The van der Waals surface area contributed by atoms with Crippen molar-refractivity contribution in [3.8, 4) is 0 Å². The maximum atomic E-state index is 11.8. The lowest BCUT2D eigenvalue weighted by Gasteiger charge is -2.08. The molecule has 0 bridgehead atoms. The van der Waals surface area contributed by atoms with Gasteiger partial charge in [-0.1, -0.05) is 24.3 Å². The fourth-order valence-electron chi connectivity index (χ4n) is 1.27. The van der Waals surface area contributed by atoms with Crippen LogP contribution in [0.5, 0.6) is 0 Å². The quantitative estimate of drug-likeness (QED) is 0.803. The summed E-state index contributed by atoms with van der Waals surface area (Å²) in [6.45, 7) is 2.96. The molecule has 0 aromatic heterocycles. The predicted octanol–water partition coefficient (Wildman–Crippen LogP) is 3.34. The molecule has 0 unspecified atom stereocenters. The molecule has 0 saturated heterocycles. The van der Waals surface area contributed by atoms with Crippen LogP contribution >= 0.6 is 11.8 Å². The van der Waals surface area contributed by atoms with E-state index in [1.807, 2.05) is 31.2 Å². The molecule has 1 N–H and O–H groups in total. The van der Waals surface area contributed by atoms with Gasteiger partial charge >= 0.3 is 5.51 Å². The summed E-state index contributed by atoms with van der Waals surface area (Å²) in [5.41, 5.74) is -1.84. The SMILES string of the molecule is Cc1ccccc1CNCCSC(F)(F)F. The third kappa shape index (κ3) is 5.42. The van der Waals surface area contributed by atoms with E-state index in [1.165, 1.54) is 0 Å². The zero-order chi connectivity index (χ0) is 12.0. The molecule has 5 heteroatoms. The molecule has 1 aromatic rings. The van der Waals surface area contributed by atoms with E-state index in [-0.39, 0.29) is 17.5 Å². The number of benzene rings is 1. The molecule has 0 aliphatic carbocycles. The monoisotopic (exact) mass is 249 g/mol. The minimum absolute atomic E-state index is 0.0104. The molecule has 0 saturated carbocycles. The smallest absolute Gasteiger partial charge is 0.312 e. The van der Waals surface area contributed by atoms with E-state index in [0.717, 1.165) is 11.1 Å². The van der Waals surface area contributed by atoms with Gasteiger partial charge in [-0.15, -0.1) is 0 Å². The Balaban J connectivity index is 2.19. The first kappa shape index (κ1) is 13.4. The van der Waals surface area contributed by atoms with Gasteiger partial charge in [-0.05, 0) is 29.8 Å². The van der Waals surface area contributed by atoms with Gasteiger partial charge in [0.15, 0.2) is 0 Å². The van der Waals surface area contributed by atoms with Gasteiger partial charge in [0, 0.05) is 18.8 Å². The molecule has 0 fully saturated rings. The van der Waals surface area contributed by atoms with E-state index in [0.29, 0.717) is 13.1 Å². The Hall–Kier alpha value is -0.680. The average Bonchev–Trinajstić information content (AvgIpc) is 2.18. The Bertz CT molecular complexity index is 325. The van der Waals surface area contributed by atoms with Crippen molar-refractivity contribution in [1.29, 1.82) is 0 Å². The highest BCUT2D eigenvalue weighted by molar-refractivity contribution is 8.00. The van der Waals surface area contributed by atoms with Gasteiger partial charge in [-0.3, -0.25) is 0 Å². The number of nitrogens with one attached hydrogen (secondary N) is 1. The van der Waals surface area contributed by atoms with Crippen LogP contribution in [0, 0.1) is 6.92 Å². The Morgan fingerprint density at radius 1 is 1.25 bits per heavy atom. The second kappa shape index (κ2) is 6.15. The molecule has 1 rings (SSSR count). The first-order chi connectivity index (χ1) is 7.49. The number of alkyl halides is 3. The summed E-state index contributed by atoms with van der Waals surface area (Å²) in [5, 5.41) is 2.99. The number of hydrogen-bond donors (Lipinski definition) is 1. The van der Waals surface area contributed by atoms with Crippen molar-refractivity contribution in [3.05, 3.63) is 35.4 Å². The van der Waals surface area contributed by atoms with Crippen LogP contribution in [-0.4, -0.2) is 17.8 Å². The Morgan fingerprint density at radius 3 is 2.56 bits per heavy atom. The van der Waals surface area contributed by atoms with Crippen LogP contribution in [-0.2, 0) is 6.54 Å². The third-order valence-electron chi connectivity index (χ3n) is 2.12. The predicted molar refractivity (Wildman–Crippen MR) is 61.4 cm³/mol. The lowest BCUT2D eigenvalue weighted by molar-refractivity contribution is -0.0327. The van der Waals surface area contributed by atoms with Gasteiger partial charge in [0.05, 0.1) is 0 Å². The van der Waals surface area contributed by atoms with Crippen LogP contribution in [0.4, 0.5) is 13.2 Å². The van der Waals surface area contributed by atoms with Crippen LogP contribution < -0.4 is 5.32 Å². The summed E-state index contributed by atoms with van der Waals surface area (Å²) in [6.07, 6.45) is 0. The molecular weight excluding hydrogens is 235 g/mol. The number of aryl methyl sites for hydroxylation is 1. The van der Waals surface area contributed by atoms with E-state index in [4.69, 9.17) is 0 Å². The molecular formula is C11H14F3NS. The summed E-state index contributed by atoms with van der Waals surface area (Å²) in [6, 6.07) is 7.83. The first-order valence-electron chi connectivity index (χ1n) is 4.95. The molecule has 0 aliphatic rings.